The van der Waals surface area contributed by atoms with Crippen LogP contribution in [0.15, 0.2) is 85.1 Å². The van der Waals surface area contributed by atoms with Gasteiger partial charge in [0, 0.05) is 12.8 Å². The minimum absolute atomic E-state index is 0.0663. The molecule has 72 heavy (non-hydrogen) atoms. The van der Waals surface area contributed by atoms with Crippen LogP contribution in [0.4, 0.5) is 0 Å². The lowest BCUT2D eigenvalue weighted by Crippen LogP contribution is -2.28. The Morgan fingerprint density at radius 3 is 0.903 bits per heavy atom. The number of ether oxygens (including phenoxy) is 2. The van der Waals surface area contributed by atoms with Crippen molar-refractivity contribution in [2.75, 3.05) is 13.2 Å². The van der Waals surface area contributed by atoms with E-state index in [-0.39, 0.29) is 25.2 Å². The lowest BCUT2D eigenvalue weighted by molar-refractivity contribution is -0.161. The normalized spacial score (nSPS) is 12.8. The van der Waals surface area contributed by atoms with Crippen LogP contribution in [-0.2, 0) is 19.1 Å². The zero-order valence-electron chi connectivity index (χ0n) is 47.7. The summed E-state index contributed by atoms with van der Waals surface area (Å²) < 4.78 is 10.7. The average molecular weight is 1000 g/mol. The van der Waals surface area contributed by atoms with Crippen LogP contribution in [-0.4, -0.2) is 36.4 Å². The third-order valence-electron chi connectivity index (χ3n) is 13.7. The molecule has 0 aromatic carbocycles. The molecule has 0 amide bonds. The van der Waals surface area contributed by atoms with Gasteiger partial charge < -0.3 is 14.6 Å². The molecule has 0 aliphatic heterocycles. The molecular weight excluding hydrogens is 885 g/mol. The minimum Gasteiger partial charge on any atom is -0.462 e. The number of carbonyl (C=O) groups is 2. The van der Waals surface area contributed by atoms with Crippen molar-refractivity contribution >= 4 is 11.9 Å². The molecule has 0 aromatic heterocycles. The van der Waals surface area contributed by atoms with Gasteiger partial charge in [-0.25, -0.2) is 0 Å². The van der Waals surface area contributed by atoms with Crippen molar-refractivity contribution in [3.05, 3.63) is 85.1 Å². The molecule has 1 N–H and O–H groups in total. The summed E-state index contributed by atoms with van der Waals surface area (Å²) in [5.74, 6) is -0.582. The molecule has 0 radical (unpaired) electrons. The first-order valence-corrected chi connectivity index (χ1v) is 31.1. The summed E-state index contributed by atoms with van der Waals surface area (Å²) in [5.41, 5.74) is 0. The Kier molecular flexibility index (Phi) is 59.8. The van der Waals surface area contributed by atoms with Crippen molar-refractivity contribution in [3.63, 3.8) is 0 Å². The number of carbonyl (C=O) groups excluding carboxylic acids is 2. The Morgan fingerprint density at radius 1 is 0.333 bits per heavy atom. The third-order valence-corrected chi connectivity index (χ3v) is 13.7. The number of hydrogen-bond donors (Lipinski definition) is 1. The van der Waals surface area contributed by atoms with E-state index < -0.39 is 6.10 Å². The number of allylic oxidation sites excluding steroid dienone is 14. The van der Waals surface area contributed by atoms with Crippen molar-refractivity contribution < 1.29 is 24.2 Å². The second-order valence-electron chi connectivity index (χ2n) is 20.8. The number of aliphatic hydroxyl groups excluding tert-OH is 1. The zero-order chi connectivity index (χ0) is 52.0. The van der Waals surface area contributed by atoms with Crippen LogP contribution < -0.4 is 0 Å². The zero-order valence-corrected chi connectivity index (χ0v) is 47.7. The van der Waals surface area contributed by atoms with Gasteiger partial charge in [0.05, 0.1) is 6.61 Å². The lowest BCUT2D eigenvalue weighted by atomic mass is 10.0. The fraction of sp³-hybridized carbons (Fsp3) is 0.761. The summed E-state index contributed by atoms with van der Waals surface area (Å²) in [6.45, 7) is 4.05. The summed E-state index contributed by atoms with van der Waals surface area (Å²) in [7, 11) is 0. The monoisotopic (exact) mass is 1000 g/mol. The molecule has 1 atom stereocenters. The Hall–Kier alpha value is -2.92. The van der Waals surface area contributed by atoms with Gasteiger partial charge in [-0.1, -0.05) is 292 Å². The summed E-state index contributed by atoms with van der Waals surface area (Å²) >= 11 is 0. The molecule has 0 bridgehead atoms. The molecule has 0 aliphatic carbocycles. The third kappa shape index (κ3) is 59.6. The lowest BCUT2D eigenvalue weighted by Gasteiger charge is -2.15. The topological polar surface area (TPSA) is 72.8 Å². The van der Waals surface area contributed by atoms with Crippen molar-refractivity contribution in [3.8, 4) is 0 Å². The van der Waals surface area contributed by atoms with Gasteiger partial charge in [0.2, 0.25) is 0 Å². The highest BCUT2D eigenvalue weighted by Gasteiger charge is 2.16. The molecule has 0 heterocycles. The molecule has 0 aliphatic rings. The van der Waals surface area contributed by atoms with Crippen LogP contribution in [0.2, 0.25) is 0 Å². The first kappa shape index (κ1) is 69.1. The van der Waals surface area contributed by atoms with Gasteiger partial charge in [0.15, 0.2) is 6.10 Å². The molecule has 5 heteroatoms. The van der Waals surface area contributed by atoms with E-state index in [1.807, 2.05) is 0 Å². The van der Waals surface area contributed by atoms with E-state index in [1.165, 1.54) is 205 Å². The molecular formula is C67H118O5. The molecule has 0 spiro atoms. The van der Waals surface area contributed by atoms with E-state index in [0.29, 0.717) is 12.8 Å². The number of rotatable bonds is 57. The fourth-order valence-electron chi connectivity index (χ4n) is 9.03. The average Bonchev–Trinajstić information content (AvgIpc) is 3.38. The second-order valence-corrected chi connectivity index (χ2v) is 20.8. The van der Waals surface area contributed by atoms with Crippen molar-refractivity contribution in [2.45, 2.75) is 315 Å². The number of aliphatic hydroxyl groups is 1. The van der Waals surface area contributed by atoms with Gasteiger partial charge >= 0.3 is 11.9 Å². The summed E-state index contributed by atoms with van der Waals surface area (Å²) in [6.07, 6.45) is 87.2. The van der Waals surface area contributed by atoms with E-state index in [2.05, 4.69) is 98.9 Å². The maximum Gasteiger partial charge on any atom is 0.306 e. The molecule has 5 nitrogen and oxygen atoms in total. The largest absolute Gasteiger partial charge is 0.462 e. The van der Waals surface area contributed by atoms with Gasteiger partial charge in [-0.3, -0.25) is 9.59 Å². The molecule has 0 saturated carbocycles. The first-order chi connectivity index (χ1) is 35.6. The predicted molar refractivity (Wildman–Crippen MR) is 316 cm³/mol. The van der Waals surface area contributed by atoms with Gasteiger partial charge in [0.25, 0.3) is 0 Å². The number of hydrogen-bond acceptors (Lipinski definition) is 5. The highest BCUT2D eigenvalue weighted by molar-refractivity contribution is 5.70. The Labute approximate surface area is 447 Å². The minimum atomic E-state index is -0.776. The molecule has 416 valence electrons. The fourth-order valence-corrected chi connectivity index (χ4v) is 9.03. The Balaban J connectivity index is 3.46. The summed E-state index contributed by atoms with van der Waals surface area (Å²) in [5, 5.41) is 9.68. The van der Waals surface area contributed by atoms with Gasteiger partial charge in [-0.05, 0) is 89.9 Å². The van der Waals surface area contributed by atoms with Gasteiger partial charge in [0.1, 0.15) is 6.61 Å². The predicted octanol–water partition coefficient (Wildman–Crippen LogP) is 21.3. The van der Waals surface area contributed by atoms with E-state index in [9.17, 15) is 14.7 Å². The van der Waals surface area contributed by atoms with E-state index in [1.54, 1.807) is 0 Å². The summed E-state index contributed by atoms with van der Waals surface area (Å²) in [4.78, 5) is 24.6. The molecule has 0 aromatic rings. The van der Waals surface area contributed by atoms with Gasteiger partial charge in [-0.2, -0.15) is 0 Å². The van der Waals surface area contributed by atoms with E-state index in [4.69, 9.17) is 9.47 Å². The first-order valence-electron chi connectivity index (χ1n) is 31.1. The Morgan fingerprint density at radius 2 is 0.597 bits per heavy atom. The van der Waals surface area contributed by atoms with Crippen molar-refractivity contribution in [1.29, 1.82) is 0 Å². The smallest absolute Gasteiger partial charge is 0.306 e. The van der Waals surface area contributed by atoms with Crippen LogP contribution in [0.5, 0.6) is 0 Å². The van der Waals surface area contributed by atoms with E-state index >= 15 is 0 Å². The SMILES string of the molecule is CC/C=C\C/C=C\C/C=C\C/C=C\CCCCCCCCCCCCCCCCC(=O)OC(CO)COC(=O)CCCCCCCCCCCCCCCCCC/C=C\C/C=C\C/C=C\CCCCCCC. The van der Waals surface area contributed by atoms with E-state index in [0.717, 1.165) is 77.0 Å². The maximum absolute atomic E-state index is 12.3. The standard InChI is InChI=1S/C67H118O5/c1-3-5-7-9-11-13-15-17-19-21-23-25-27-29-31-32-33-34-36-37-39-41-43-45-47-49-51-53-55-57-59-61-66(69)71-64-65(63-68)72-67(70)62-60-58-56-54-52-50-48-46-44-42-40-38-35-30-28-26-24-22-20-18-16-14-12-10-8-6-4-2/h6,8,12,14-15,17-18,20-21,23-24,26-27,29,65,68H,3-5,7,9-11,13,16,19,22,25,28,30-64H2,1-2H3/b8-6-,14-12-,17-15-,20-18-,23-21-,26-24-,29-27-. The van der Waals surface area contributed by atoms with Crippen molar-refractivity contribution in [1.82, 2.24) is 0 Å². The van der Waals surface area contributed by atoms with Crippen LogP contribution in [0.25, 0.3) is 0 Å². The second kappa shape index (κ2) is 62.4. The van der Waals surface area contributed by atoms with Crippen LogP contribution in [0, 0.1) is 0 Å². The molecule has 0 fully saturated rings. The Bertz CT molecular complexity index is 1320. The van der Waals surface area contributed by atoms with Crippen molar-refractivity contribution in [2.24, 2.45) is 0 Å². The maximum atomic E-state index is 12.3. The van der Waals surface area contributed by atoms with Gasteiger partial charge in [-0.15, -0.1) is 0 Å². The van der Waals surface area contributed by atoms with Crippen LogP contribution in [0.1, 0.15) is 309 Å². The summed E-state index contributed by atoms with van der Waals surface area (Å²) in [6, 6.07) is 0. The van der Waals surface area contributed by atoms with Crippen LogP contribution >= 0.6 is 0 Å². The highest BCUT2D eigenvalue weighted by Crippen LogP contribution is 2.17. The molecule has 0 rings (SSSR count). The molecule has 0 saturated heterocycles. The quantitative estimate of drug-likeness (QED) is 0.0373. The molecule has 1 unspecified atom stereocenters. The number of unbranched alkanes of at least 4 members (excludes halogenated alkanes) is 35. The highest BCUT2D eigenvalue weighted by atomic mass is 16.6. The van der Waals surface area contributed by atoms with Crippen LogP contribution in [0.3, 0.4) is 0 Å². The number of esters is 2.